The molecular formula is C17H23N3. The molecule has 0 unspecified atom stereocenters. The summed E-state index contributed by atoms with van der Waals surface area (Å²) in [6, 6.07) is 4.31. The monoisotopic (exact) mass is 269 g/mol. The lowest BCUT2D eigenvalue weighted by atomic mass is 10.0. The fraction of sp³-hybridized carbons (Fsp3) is 0.647. The fourth-order valence-electron chi connectivity index (χ4n) is 3.73. The van der Waals surface area contributed by atoms with Crippen molar-refractivity contribution in [2.45, 2.75) is 47.0 Å². The molecule has 0 saturated heterocycles. The van der Waals surface area contributed by atoms with Gasteiger partial charge in [0.1, 0.15) is 11.9 Å². The SMILES string of the molecule is CC1(C)C(CNc2nc3c(cc2C#N)CCC3)C1(C)C. The zero-order valence-corrected chi connectivity index (χ0v) is 12.9. The summed E-state index contributed by atoms with van der Waals surface area (Å²) in [6.07, 6.45) is 3.29. The van der Waals surface area contributed by atoms with Gasteiger partial charge in [0.05, 0.1) is 5.56 Å². The van der Waals surface area contributed by atoms with Gasteiger partial charge < -0.3 is 5.32 Å². The van der Waals surface area contributed by atoms with Crippen molar-refractivity contribution in [1.29, 1.82) is 5.26 Å². The highest BCUT2D eigenvalue weighted by Gasteiger charge is 2.64. The van der Waals surface area contributed by atoms with Crippen molar-refractivity contribution in [3.8, 4) is 6.07 Å². The zero-order chi connectivity index (χ0) is 14.5. The lowest BCUT2D eigenvalue weighted by Crippen LogP contribution is -2.11. The van der Waals surface area contributed by atoms with Crippen molar-refractivity contribution in [2.24, 2.45) is 16.7 Å². The zero-order valence-electron chi connectivity index (χ0n) is 12.9. The topological polar surface area (TPSA) is 48.7 Å². The van der Waals surface area contributed by atoms with Gasteiger partial charge in [0.2, 0.25) is 0 Å². The molecule has 20 heavy (non-hydrogen) atoms. The molecule has 1 N–H and O–H groups in total. The number of nitriles is 1. The third kappa shape index (κ3) is 1.82. The first-order chi connectivity index (χ1) is 9.38. The van der Waals surface area contributed by atoms with Crippen molar-refractivity contribution in [3.63, 3.8) is 0 Å². The molecule has 1 saturated carbocycles. The Morgan fingerprint density at radius 1 is 1.30 bits per heavy atom. The Morgan fingerprint density at radius 3 is 2.60 bits per heavy atom. The Morgan fingerprint density at radius 2 is 2.00 bits per heavy atom. The van der Waals surface area contributed by atoms with Crippen LogP contribution in [0, 0.1) is 28.1 Å². The highest BCUT2D eigenvalue weighted by atomic mass is 15.0. The Bertz CT molecular complexity index is 579. The van der Waals surface area contributed by atoms with Crippen LogP contribution in [0.2, 0.25) is 0 Å². The first-order valence-corrected chi connectivity index (χ1v) is 7.54. The minimum absolute atomic E-state index is 0.365. The molecule has 0 radical (unpaired) electrons. The predicted octanol–water partition coefficient (Wildman–Crippen LogP) is 3.54. The molecule has 0 aromatic carbocycles. The molecule has 1 aromatic heterocycles. The second kappa shape index (κ2) is 4.22. The number of nitrogens with zero attached hydrogens (tertiary/aromatic N) is 2. The summed E-state index contributed by atoms with van der Waals surface area (Å²) < 4.78 is 0. The molecule has 1 fully saturated rings. The van der Waals surface area contributed by atoms with E-state index in [1.54, 1.807) is 0 Å². The van der Waals surface area contributed by atoms with Crippen LogP contribution in [0.25, 0.3) is 0 Å². The highest BCUT2D eigenvalue weighted by molar-refractivity contribution is 5.55. The van der Waals surface area contributed by atoms with E-state index < -0.39 is 0 Å². The summed E-state index contributed by atoms with van der Waals surface area (Å²) >= 11 is 0. The molecule has 106 valence electrons. The number of hydrogen-bond acceptors (Lipinski definition) is 3. The van der Waals surface area contributed by atoms with Gasteiger partial charge >= 0.3 is 0 Å². The Kier molecular flexibility index (Phi) is 2.83. The normalized spacial score (nSPS) is 22.1. The molecule has 0 spiro atoms. The van der Waals surface area contributed by atoms with E-state index in [0.29, 0.717) is 22.3 Å². The lowest BCUT2D eigenvalue weighted by Gasteiger charge is -2.10. The summed E-state index contributed by atoms with van der Waals surface area (Å²) in [7, 11) is 0. The standard InChI is InChI=1S/C17H23N3/c1-16(2)14(17(16,3)4)10-19-15-12(9-18)8-11-6-5-7-13(11)20-15/h8,14H,5-7,10H2,1-4H3,(H,19,20). The Balaban J connectivity index is 1.78. The second-order valence-electron chi connectivity index (χ2n) is 7.33. The van der Waals surface area contributed by atoms with Gasteiger partial charge in [-0.15, -0.1) is 0 Å². The van der Waals surface area contributed by atoms with Crippen LogP contribution in [-0.4, -0.2) is 11.5 Å². The number of rotatable bonds is 3. The van der Waals surface area contributed by atoms with Gasteiger partial charge in [-0.25, -0.2) is 4.98 Å². The molecular weight excluding hydrogens is 246 g/mol. The van der Waals surface area contributed by atoms with Crippen LogP contribution in [0.4, 0.5) is 5.82 Å². The second-order valence-corrected chi connectivity index (χ2v) is 7.33. The van der Waals surface area contributed by atoms with Gasteiger partial charge in [-0.1, -0.05) is 27.7 Å². The van der Waals surface area contributed by atoms with Gasteiger partial charge in [0.15, 0.2) is 0 Å². The van der Waals surface area contributed by atoms with Crippen LogP contribution in [0.1, 0.15) is 50.9 Å². The molecule has 0 atom stereocenters. The average molecular weight is 269 g/mol. The number of anilines is 1. The van der Waals surface area contributed by atoms with E-state index in [-0.39, 0.29) is 0 Å². The number of fused-ring (bicyclic) bond motifs is 1. The fourth-order valence-corrected chi connectivity index (χ4v) is 3.73. The van der Waals surface area contributed by atoms with Gasteiger partial charge in [0, 0.05) is 12.2 Å². The van der Waals surface area contributed by atoms with E-state index in [2.05, 4.69) is 44.1 Å². The molecule has 0 aliphatic heterocycles. The van der Waals surface area contributed by atoms with Crippen molar-refractivity contribution in [1.82, 2.24) is 4.98 Å². The molecule has 2 aliphatic carbocycles. The number of aromatic nitrogens is 1. The molecule has 1 aromatic rings. The predicted molar refractivity (Wildman–Crippen MR) is 80.5 cm³/mol. The first kappa shape index (κ1) is 13.4. The van der Waals surface area contributed by atoms with Crippen molar-refractivity contribution < 1.29 is 0 Å². The summed E-state index contributed by atoms with van der Waals surface area (Å²) in [5.41, 5.74) is 3.87. The van der Waals surface area contributed by atoms with E-state index in [4.69, 9.17) is 0 Å². The maximum Gasteiger partial charge on any atom is 0.144 e. The number of nitrogens with one attached hydrogen (secondary N) is 1. The van der Waals surface area contributed by atoms with Crippen molar-refractivity contribution in [2.75, 3.05) is 11.9 Å². The Hall–Kier alpha value is -1.56. The van der Waals surface area contributed by atoms with E-state index in [1.165, 1.54) is 17.7 Å². The summed E-state index contributed by atoms with van der Waals surface area (Å²) in [5, 5.41) is 12.7. The molecule has 2 aliphatic rings. The number of pyridine rings is 1. The van der Waals surface area contributed by atoms with Crippen LogP contribution < -0.4 is 5.32 Å². The van der Waals surface area contributed by atoms with Gasteiger partial charge in [0.25, 0.3) is 0 Å². The molecule has 3 nitrogen and oxygen atoms in total. The lowest BCUT2D eigenvalue weighted by molar-refractivity contribution is 0.457. The van der Waals surface area contributed by atoms with E-state index in [9.17, 15) is 5.26 Å². The van der Waals surface area contributed by atoms with Gasteiger partial charge in [-0.05, 0) is 47.6 Å². The van der Waals surface area contributed by atoms with E-state index >= 15 is 0 Å². The molecule has 3 rings (SSSR count). The van der Waals surface area contributed by atoms with Crippen LogP contribution >= 0.6 is 0 Å². The van der Waals surface area contributed by atoms with Crippen LogP contribution in [0.5, 0.6) is 0 Å². The number of aryl methyl sites for hydroxylation is 2. The van der Waals surface area contributed by atoms with E-state index in [0.717, 1.165) is 25.2 Å². The van der Waals surface area contributed by atoms with Crippen molar-refractivity contribution in [3.05, 3.63) is 22.9 Å². The van der Waals surface area contributed by atoms with Crippen molar-refractivity contribution >= 4 is 5.82 Å². The third-order valence-electron chi connectivity index (χ3n) is 5.96. The summed E-state index contributed by atoms with van der Waals surface area (Å²) in [4.78, 5) is 4.69. The minimum atomic E-state index is 0.365. The van der Waals surface area contributed by atoms with Crippen LogP contribution in [0.15, 0.2) is 6.07 Å². The van der Waals surface area contributed by atoms with Gasteiger partial charge in [-0.3, -0.25) is 0 Å². The first-order valence-electron chi connectivity index (χ1n) is 7.54. The quantitative estimate of drug-likeness (QED) is 0.913. The average Bonchev–Trinajstić information content (AvgIpc) is 2.73. The third-order valence-corrected chi connectivity index (χ3v) is 5.96. The smallest absolute Gasteiger partial charge is 0.144 e. The van der Waals surface area contributed by atoms with Gasteiger partial charge in [-0.2, -0.15) is 5.26 Å². The molecule has 0 amide bonds. The molecule has 0 bridgehead atoms. The highest BCUT2D eigenvalue weighted by Crippen LogP contribution is 2.68. The maximum absolute atomic E-state index is 9.31. The number of hydrogen-bond donors (Lipinski definition) is 1. The van der Waals surface area contributed by atoms with Crippen LogP contribution in [0.3, 0.4) is 0 Å². The summed E-state index contributed by atoms with van der Waals surface area (Å²) in [6.45, 7) is 10.2. The summed E-state index contributed by atoms with van der Waals surface area (Å²) in [5.74, 6) is 1.42. The van der Waals surface area contributed by atoms with Crippen LogP contribution in [-0.2, 0) is 12.8 Å². The Labute approximate surface area is 121 Å². The minimum Gasteiger partial charge on any atom is -0.369 e. The molecule has 1 heterocycles. The maximum atomic E-state index is 9.31. The molecule has 3 heteroatoms. The van der Waals surface area contributed by atoms with E-state index in [1.807, 2.05) is 6.07 Å². The largest absolute Gasteiger partial charge is 0.369 e.